The maximum atomic E-state index is 13.6. The van der Waals surface area contributed by atoms with Crippen LogP contribution in [0.4, 0.5) is 5.13 Å². The molecule has 1 saturated heterocycles. The number of carbonyl (C=O) groups excluding carboxylic acids is 1. The van der Waals surface area contributed by atoms with Gasteiger partial charge in [0.2, 0.25) is 5.88 Å². The van der Waals surface area contributed by atoms with Crippen LogP contribution in [0.5, 0.6) is 11.9 Å². The Morgan fingerprint density at radius 2 is 2.00 bits per heavy atom. The quantitative estimate of drug-likeness (QED) is 0.513. The van der Waals surface area contributed by atoms with Crippen molar-refractivity contribution in [3.8, 4) is 11.9 Å². The molecule has 0 saturated carbocycles. The normalized spacial score (nSPS) is 14.5. The summed E-state index contributed by atoms with van der Waals surface area (Å²) in [4.78, 5) is 30.6. The molecular formula is C21H24ClN5O4S. The van der Waals surface area contributed by atoms with E-state index in [4.69, 9.17) is 30.8 Å². The molecule has 0 atom stereocenters. The second kappa shape index (κ2) is 9.95. The molecule has 0 bridgehead atoms. The van der Waals surface area contributed by atoms with E-state index >= 15 is 0 Å². The number of hydrogen-bond acceptors (Lipinski definition) is 9. The van der Waals surface area contributed by atoms with E-state index in [-0.39, 0.29) is 23.5 Å². The van der Waals surface area contributed by atoms with Crippen LogP contribution in [-0.4, -0.2) is 79.4 Å². The molecule has 0 aliphatic carbocycles. The van der Waals surface area contributed by atoms with Crippen LogP contribution in [0.1, 0.15) is 16.1 Å². The smallest absolute Gasteiger partial charge is 0.320 e. The number of aromatic nitrogens is 3. The van der Waals surface area contributed by atoms with E-state index in [9.17, 15) is 4.79 Å². The van der Waals surface area contributed by atoms with Gasteiger partial charge in [0, 0.05) is 32.2 Å². The van der Waals surface area contributed by atoms with E-state index in [1.807, 2.05) is 19.1 Å². The maximum absolute atomic E-state index is 13.6. The summed E-state index contributed by atoms with van der Waals surface area (Å²) in [6.07, 6.45) is 0. The number of ether oxygens (including phenoxy) is 3. The Bertz CT molecular complexity index is 1060. The summed E-state index contributed by atoms with van der Waals surface area (Å²) in [6, 6.07) is 5.33. The molecule has 0 spiro atoms. The Hall–Kier alpha value is -2.53. The van der Waals surface area contributed by atoms with Crippen molar-refractivity contribution in [2.45, 2.75) is 6.92 Å². The molecule has 0 radical (unpaired) electrons. The number of aryl methyl sites for hydroxylation is 1. The third-order valence-corrected chi connectivity index (χ3v) is 6.74. The predicted octanol–water partition coefficient (Wildman–Crippen LogP) is 3.04. The lowest BCUT2D eigenvalue weighted by Crippen LogP contribution is -2.43. The van der Waals surface area contributed by atoms with E-state index in [0.29, 0.717) is 36.5 Å². The molecule has 1 aliphatic heterocycles. The highest BCUT2D eigenvalue weighted by Crippen LogP contribution is 2.36. The fourth-order valence-corrected chi connectivity index (χ4v) is 4.74. The minimum Gasteiger partial charge on any atom is -0.481 e. The lowest BCUT2D eigenvalue weighted by molar-refractivity contribution is 0.0391. The molecule has 3 aromatic rings. The van der Waals surface area contributed by atoms with Crippen molar-refractivity contribution in [2.75, 3.05) is 58.5 Å². The van der Waals surface area contributed by atoms with Gasteiger partial charge in [-0.15, -0.1) is 0 Å². The van der Waals surface area contributed by atoms with Gasteiger partial charge in [-0.25, -0.2) is 4.98 Å². The zero-order chi connectivity index (χ0) is 22.7. The monoisotopic (exact) mass is 477 g/mol. The first-order chi connectivity index (χ1) is 15.5. The number of fused-ring (bicyclic) bond motifs is 1. The van der Waals surface area contributed by atoms with Crippen molar-refractivity contribution < 1.29 is 19.0 Å². The number of morpholine rings is 1. The summed E-state index contributed by atoms with van der Waals surface area (Å²) in [5.41, 5.74) is 1.95. The van der Waals surface area contributed by atoms with Gasteiger partial charge in [-0.05, 0) is 18.6 Å². The number of thiazole rings is 1. The van der Waals surface area contributed by atoms with Gasteiger partial charge in [-0.3, -0.25) is 14.6 Å². The molecule has 1 amide bonds. The van der Waals surface area contributed by atoms with Gasteiger partial charge in [0.05, 0.1) is 42.7 Å². The van der Waals surface area contributed by atoms with Crippen LogP contribution in [0.3, 0.4) is 0 Å². The van der Waals surface area contributed by atoms with Gasteiger partial charge in [0.15, 0.2) is 5.13 Å². The number of carbonyl (C=O) groups is 1. The van der Waals surface area contributed by atoms with E-state index in [0.717, 1.165) is 28.9 Å². The van der Waals surface area contributed by atoms with Crippen molar-refractivity contribution in [3.05, 3.63) is 34.5 Å². The van der Waals surface area contributed by atoms with Gasteiger partial charge in [0.25, 0.3) is 5.91 Å². The lowest BCUT2D eigenvalue weighted by Gasteiger charge is -2.29. The van der Waals surface area contributed by atoms with Crippen molar-refractivity contribution in [1.82, 2.24) is 19.9 Å². The van der Waals surface area contributed by atoms with Crippen molar-refractivity contribution in [2.24, 2.45) is 0 Å². The molecule has 0 unspecified atom stereocenters. The first-order valence-electron chi connectivity index (χ1n) is 10.1. The first-order valence-corrected chi connectivity index (χ1v) is 11.3. The number of anilines is 1. The summed E-state index contributed by atoms with van der Waals surface area (Å²) in [7, 11) is 2.92. The molecule has 3 heterocycles. The van der Waals surface area contributed by atoms with Crippen molar-refractivity contribution >= 4 is 44.2 Å². The number of rotatable bonds is 7. The van der Waals surface area contributed by atoms with Crippen molar-refractivity contribution in [1.29, 1.82) is 0 Å². The average molecular weight is 478 g/mol. The summed E-state index contributed by atoms with van der Waals surface area (Å²) in [5.74, 6) is -0.0680. The van der Waals surface area contributed by atoms with Crippen LogP contribution >= 0.6 is 22.9 Å². The minimum absolute atomic E-state index is 0.0593. The molecule has 4 rings (SSSR count). The predicted molar refractivity (Wildman–Crippen MR) is 123 cm³/mol. The molecular weight excluding hydrogens is 454 g/mol. The molecule has 9 nitrogen and oxygen atoms in total. The number of amides is 1. The van der Waals surface area contributed by atoms with Gasteiger partial charge in [-0.2, -0.15) is 9.97 Å². The van der Waals surface area contributed by atoms with Crippen LogP contribution in [0.2, 0.25) is 5.02 Å². The maximum Gasteiger partial charge on any atom is 0.320 e. The van der Waals surface area contributed by atoms with Gasteiger partial charge in [0.1, 0.15) is 5.69 Å². The van der Waals surface area contributed by atoms with E-state index in [1.165, 1.54) is 31.6 Å². The Morgan fingerprint density at radius 3 is 2.69 bits per heavy atom. The summed E-state index contributed by atoms with van der Waals surface area (Å²) in [5, 5.41) is 1.17. The summed E-state index contributed by atoms with van der Waals surface area (Å²) >= 11 is 7.80. The second-order valence-corrected chi connectivity index (χ2v) is 8.62. The summed E-state index contributed by atoms with van der Waals surface area (Å²) < 4.78 is 16.6. The topological polar surface area (TPSA) is 89.9 Å². The van der Waals surface area contributed by atoms with Gasteiger partial charge < -0.3 is 14.2 Å². The number of methoxy groups -OCH3 is 2. The second-order valence-electron chi connectivity index (χ2n) is 7.23. The first kappa shape index (κ1) is 22.7. The zero-order valence-electron chi connectivity index (χ0n) is 18.1. The number of hydrogen-bond donors (Lipinski definition) is 0. The third-order valence-electron chi connectivity index (χ3n) is 5.20. The highest BCUT2D eigenvalue weighted by atomic mass is 35.5. The molecule has 11 heteroatoms. The standard InChI is InChI=1S/C21H24ClN5O4S/c1-13-4-5-14(22)18-17(13)25-21(32-18)27(7-6-26-8-10-31-11-9-26)19(28)15-12-16(29-2)24-20(23-15)30-3/h4-5,12H,6-11H2,1-3H3. The Labute approximate surface area is 194 Å². The van der Waals surface area contributed by atoms with Crippen LogP contribution in [0.15, 0.2) is 18.2 Å². The lowest BCUT2D eigenvalue weighted by atomic mass is 10.2. The van der Waals surface area contributed by atoms with E-state index in [2.05, 4.69) is 14.9 Å². The van der Waals surface area contributed by atoms with Crippen molar-refractivity contribution in [3.63, 3.8) is 0 Å². The van der Waals surface area contributed by atoms with Crippen LogP contribution in [0.25, 0.3) is 10.2 Å². The highest BCUT2D eigenvalue weighted by Gasteiger charge is 2.26. The van der Waals surface area contributed by atoms with Crippen LogP contribution in [0, 0.1) is 6.92 Å². The fourth-order valence-electron chi connectivity index (χ4n) is 3.40. The van der Waals surface area contributed by atoms with Gasteiger partial charge in [-0.1, -0.05) is 29.0 Å². The zero-order valence-corrected chi connectivity index (χ0v) is 19.7. The fraction of sp³-hybridized carbons (Fsp3) is 0.429. The number of nitrogens with zero attached hydrogens (tertiary/aromatic N) is 5. The van der Waals surface area contributed by atoms with E-state index < -0.39 is 0 Å². The van der Waals surface area contributed by atoms with Gasteiger partial charge >= 0.3 is 6.01 Å². The Balaban J connectivity index is 1.71. The Kier molecular flexibility index (Phi) is 7.04. The molecule has 2 aromatic heterocycles. The SMILES string of the molecule is COc1cc(C(=O)N(CCN2CCOCC2)c2nc3c(C)ccc(Cl)c3s2)nc(OC)n1. The Morgan fingerprint density at radius 1 is 1.22 bits per heavy atom. The highest BCUT2D eigenvalue weighted by molar-refractivity contribution is 7.23. The average Bonchev–Trinajstić information content (AvgIpc) is 3.28. The largest absolute Gasteiger partial charge is 0.481 e. The third kappa shape index (κ3) is 4.78. The number of halogens is 1. The molecule has 1 fully saturated rings. The minimum atomic E-state index is -0.315. The molecule has 0 N–H and O–H groups in total. The molecule has 1 aliphatic rings. The number of benzene rings is 1. The van der Waals surface area contributed by atoms with Crippen LogP contribution in [-0.2, 0) is 4.74 Å². The molecule has 170 valence electrons. The molecule has 32 heavy (non-hydrogen) atoms. The summed E-state index contributed by atoms with van der Waals surface area (Å²) in [6.45, 7) is 6.10. The van der Waals surface area contributed by atoms with Crippen LogP contribution < -0.4 is 14.4 Å². The molecule has 1 aromatic carbocycles. The van der Waals surface area contributed by atoms with E-state index in [1.54, 1.807) is 4.90 Å².